The molecule has 7 heteroatoms. The molecule has 2 heterocycles. The van der Waals surface area contributed by atoms with E-state index in [1.165, 1.54) is 18.2 Å². The lowest BCUT2D eigenvalue weighted by Crippen LogP contribution is -2.33. The normalized spacial score (nSPS) is 29.4. The lowest BCUT2D eigenvalue weighted by molar-refractivity contribution is 0.0162. The molecule has 17 heavy (non-hydrogen) atoms. The standard InChI is InChI=1S/C10H10F2N2O2S/c1-10(11,12)5-3-2-4-6-7(5)8-9(13-8)14-17(6,15)16/h2-4,8-9,13-14H,1H3. The molecular weight excluding hydrogens is 250 g/mol. The van der Waals surface area contributed by atoms with Crippen LogP contribution in [0.2, 0.25) is 0 Å². The summed E-state index contributed by atoms with van der Waals surface area (Å²) in [6.07, 6.45) is -0.448. The van der Waals surface area contributed by atoms with Gasteiger partial charge in [0, 0.05) is 18.1 Å². The first-order valence-corrected chi connectivity index (χ1v) is 6.58. The summed E-state index contributed by atoms with van der Waals surface area (Å²) in [7, 11) is -3.68. The van der Waals surface area contributed by atoms with Crippen LogP contribution in [0.15, 0.2) is 23.1 Å². The van der Waals surface area contributed by atoms with Crippen molar-refractivity contribution < 1.29 is 17.2 Å². The lowest BCUT2D eigenvalue weighted by Gasteiger charge is -2.21. The van der Waals surface area contributed by atoms with Gasteiger partial charge in [0.25, 0.3) is 5.92 Å². The molecule has 1 aromatic rings. The van der Waals surface area contributed by atoms with E-state index < -0.39 is 22.1 Å². The van der Waals surface area contributed by atoms with Crippen molar-refractivity contribution in [2.45, 2.75) is 29.9 Å². The number of sulfonamides is 1. The predicted molar refractivity (Wildman–Crippen MR) is 56.0 cm³/mol. The third-order valence-electron chi connectivity index (χ3n) is 3.01. The molecule has 1 aromatic carbocycles. The molecule has 2 unspecified atom stereocenters. The van der Waals surface area contributed by atoms with Gasteiger partial charge in [-0.05, 0) is 6.07 Å². The number of hydrogen-bond acceptors (Lipinski definition) is 3. The molecule has 0 spiro atoms. The molecule has 0 aliphatic carbocycles. The Kier molecular flexibility index (Phi) is 1.98. The van der Waals surface area contributed by atoms with Crippen LogP contribution in [-0.2, 0) is 15.9 Å². The van der Waals surface area contributed by atoms with Crippen molar-refractivity contribution in [1.82, 2.24) is 10.0 Å². The number of hydrogen-bond donors (Lipinski definition) is 2. The van der Waals surface area contributed by atoms with Crippen molar-refractivity contribution in [1.29, 1.82) is 0 Å². The minimum absolute atomic E-state index is 0.0530. The average molecular weight is 260 g/mol. The van der Waals surface area contributed by atoms with E-state index >= 15 is 0 Å². The van der Waals surface area contributed by atoms with Crippen molar-refractivity contribution >= 4 is 10.0 Å². The number of rotatable bonds is 1. The molecule has 4 nitrogen and oxygen atoms in total. The second kappa shape index (κ2) is 3.04. The second-order valence-electron chi connectivity index (χ2n) is 4.35. The van der Waals surface area contributed by atoms with Crippen LogP contribution >= 0.6 is 0 Å². The fourth-order valence-corrected chi connectivity index (χ4v) is 3.65. The summed E-state index contributed by atoms with van der Waals surface area (Å²) in [6, 6.07) is 3.63. The van der Waals surface area contributed by atoms with Gasteiger partial charge in [0.1, 0.15) is 0 Å². The van der Waals surface area contributed by atoms with Crippen molar-refractivity contribution in [3.8, 4) is 0 Å². The van der Waals surface area contributed by atoms with Gasteiger partial charge in [0.2, 0.25) is 10.0 Å². The minimum atomic E-state index is -3.68. The molecule has 0 radical (unpaired) electrons. The molecule has 2 aliphatic rings. The SMILES string of the molecule is CC(F)(F)c1cccc2c1C1NC1NS2(=O)=O. The van der Waals surface area contributed by atoms with Gasteiger partial charge in [0.05, 0.1) is 17.1 Å². The van der Waals surface area contributed by atoms with Gasteiger partial charge < -0.3 is 0 Å². The second-order valence-corrected chi connectivity index (χ2v) is 6.03. The van der Waals surface area contributed by atoms with Gasteiger partial charge >= 0.3 is 0 Å². The van der Waals surface area contributed by atoms with Gasteiger partial charge in [0.15, 0.2) is 0 Å². The quantitative estimate of drug-likeness (QED) is 0.742. The Hall–Kier alpha value is -1.05. The third kappa shape index (κ3) is 1.57. The highest BCUT2D eigenvalue weighted by Crippen LogP contribution is 2.44. The first-order chi connectivity index (χ1) is 7.81. The van der Waals surface area contributed by atoms with Gasteiger partial charge in [-0.1, -0.05) is 12.1 Å². The summed E-state index contributed by atoms with van der Waals surface area (Å²) in [5.41, 5.74) is -0.0242. The molecule has 0 amide bonds. The van der Waals surface area contributed by atoms with Gasteiger partial charge in [-0.3, -0.25) is 5.32 Å². The van der Waals surface area contributed by atoms with E-state index in [9.17, 15) is 17.2 Å². The van der Waals surface area contributed by atoms with E-state index in [1.54, 1.807) is 0 Å². The number of halogens is 2. The number of benzene rings is 1. The Balaban J connectivity index is 2.30. The average Bonchev–Trinajstić information content (AvgIpc) is 2.93. The van der Waals surface area contributed by atoms with E-state index in [2.05, 4.69) is 10.0 Å². The number of fused-ring (bicyclic) bond motifs is 3. The van der Waals surface area contributed by atoms with Crippen molar-refractivity contribution in [2.75, 3.05) is 0 Å². The highest BCUT2D eigenvalue weighted by Gasteiger charge is 2.50. The Labute approximate surface area is 97.1 Å². The molecule has 3 rings (SSSR count). The molecule has 2 aliphatic heterocycles. The maximum absolute atomic E-state index is 13.4. The Bertz CT molecular complexity index is 595. The van der Waals surface area contributed by atoms with Gasteiger partial charge in [-0.2, -0.15) is 4.72 Å². The zero-order chi connectivity index (χ0) is 12.4. The molecule has 0 bridgehead atoms. The van der Waals surface area contributed by atoms with Gasteiger partial charge in [-0.25, -0.2) is 17.2 Å². The van der Waals surface area contributed by atoms with Crippen molar-refractivity contribution in [3.05, 3.63) is 29.3 Å². The maximum atomic E-state index is 13.4. The summed E-state index contributed by atoms with van der Waals surface area (Å²) in [6.45, 7) is 0.772. The first kappa shape index (κ1) is 11.1. The molecular formula is C10H10F2N2O2S. The van der Waals surface area contributed by atoms with Crippen LogP contribution < -0.4 is 10.0 Å². The van der Waals surface area contributed by atoms with Gasteiger partial charge in [-0.15, -0.1) is 0 Å². The Morgan fingerprint density at radius 2 is 2.06 bits per heavy atom. The van der Waals surface area contributed by atoms with Crippen molar-refractivity contribution in [3.63, 3.8) is 0 Å². The minimum Gasteiger partial charge on any atom is -0.290 e. The van der Waals surface area contributed by atoms with Crippen LogP contribution in [0.1, 0.15) is 24.1 Å². The largest absolute Gasteiger partial charge is 0.290 e. The van der Waals surface area contributed by atoms with Crippen LogP contribution in [0.25, 0.3) is 0 Å². The lowest BCUT2D eigenvalue weighted by atomic mass is 9.99. The third-order valence-corrected chi connectivity index (χ3v) is 4.50. The van der Waals surface area contributed by atoms with E-state index in [0.29, 0.717) is 0 Å². The molecule has 2 atom stereocenters. The first-order valence-electron chi connectivity index (χ1n) is 5.10. The summed E-state index contributed by atoms with van der Waals surface area (Å²) in [4.78, 5) is -0.0530. The number of nitrogens with one attached hydrogen (secondary N) is 2. The van der Waals surface area contributed by atoms with Crippen LogP contribution in [0.5, 0.6) is 0 Å². The van der Waals surface area contributed by atoms with Crippen LogP contribution in [0.3, 0.4) is 0 Å². The Morgan fingerprint density at radius 1 is 1.35 bits per heavy atom. The molecule has 1 saturated heterocycles. The molecule has 0 saturated carbocycles. The van der Waals surface area contributed by atoms with Crippen LogP contribution in [0, 0.1) is 0 Å². The Morgan fingerprint density at radius 3 is 2.71 bits per heavy atom. The smallest absolute Gasteiger partial charge is 0.270 e. The van der Waals surface area contributed by atoms with E-state index in [0.717, 1.165) is 6.92 Å². The van der Waals surface area contributed by atoms with E-state index in [-0.39, 0.29) is 22.1 Å². The zero-order valence-electron chi connectivity index (χ0n) is 8.87. The fraction of sp³-hybridized carbons (Fsp3) is 0.400. The fourth-order valence-electron chi connectivity index (χ4n) is 2.20. The topological polar surface area (TPSA) is 68.1 Å². The molecule has 92 valence electrons. The van der Waals surface area contributed by atoms with Crippen molar-refractivity contribution in [2.24, 2.45) is 0 Å². The van der Waals surface area contributed by atoms with Crippen LogP contribution in [-0.4, -0.2) is 14.6 Å². The molecule has 0 aromatic heterocycles. The number of alkyl halides is 2. The predicted octanol–water partition coefficient (Wildman–Crippen LogP) is 1.06. The monoisotopic (exact) mass is 260 g/mol. The zero-order valence-corrected chi connectivity index (χ0v) is 9.68. The highest BCUT2D eigenvalue weighted by molar-refractivity contribution is 7.89. The molecule has 1 fully saturated rings. The molecule has 2 N–H and O–H groups in total. The van der Waals surface area contributed by atoms with Crippen LogP contribution in [0.4, 0.5) is 8.78 Å². The van der Waals surface area contributed by atoms with E-state index in [4.69, 9.17) is 0 Å². The summed E-state index contributed by atoms with van der Waals surface area (Å²) in [5, 5.41) is 2.83. The summed E-state index contributed by atoms with van der Waals surface area (Å²) < 4.78 is 52.9. The summed E-state index contributed by atoms with van der Waals surface area (Å²) >= 11 is 0. The maximum Gasteiger partial charge on any atom is 0.270 e. The summed E-state index contributed by atoms with van der Waals surface area (Å²) in [5.74, 6) is -3.05. The van der Waals surface area contributed by atoms with E-state index in [1.807, 2.05) is 0 Å². The highest BCUT2D eigenvalue weighted by atomic mass is 32.2.